The summed E-state index contributed by atoms with van der Waals surface area (Å²) in [6.07, 6.45) is 2.02. The molecule has 1 aromatic heterocycles. The van der Waals surface area contributed by atoms with Crippen LogP contribution in [0.2, 0.25) is 0 Å². The number of hydrogen-bond donors (Lipinski definition) is 0. The maximum Gasteiger partial charge on any atom is 0.247 e. The topological polar surface area (TPSA) is 45.6 Å². The lowest BCUT2D eigenvalue weighted by molar-refractivity contribution is -0.134. The van der Waals surface area contributed by atoms with Gasteiger partial charge in [0.15, 0.2) is 0 Å². The Morgan fingerprint density at radius 1 is 0.967 bits per heavy atom. The van der Waals surface area contributed by atoms with Gasteiger partial charge in [0.25, 0.3) is 0 Å². The average molecular weight is 422 g/mol. The van der Waals surface area contributed by atoms with Crippen LogP contribution < -0.4 is 4.90 Å². The number of aromatic nitrogens is 1. The fraction of sp³-hybridized carbons (Fsp3) is 0.250. The quantitative estimate of drug-likeness (QED) is 0.573. The van der Waals surface area contributed by atoms with Crippen molar-refractivity contribution in [2.24, 2.45) is 0 Å². The second-order valence-electron chi connectivity index (χ2n) is 7.62. The number of halogens is 1. The summed E-state index contributed by atoms with van der Waals surface area (Å²) < 4.78 is 2.13. The SMILES string of the molecule is CC(C)N(CC(=O)N1c2ccccc2-n2cccc2C1c1ccccc1)C(=O)CCl. The predicted octanol–water partition coefficient (Wildman–Crippen LogP) is 4.39. The van der Waals surface area contributed by atoms with E-state index >= 15 is 0 Å². The minimum atomic E-state index is -0.288. The molecule has 1 aliphatic heterocycles. The molecule has 4 rings (SSSR count). The monoisotopic (exact) mass is 421 g/mol. The predicted molar refractivity (Wildman–Crippen MR) is 119 cm³/mol. The zero-order valence-electron chi connectivity index (χ0n) is 17.0. The van der Waals surface area contributed by atoms with Gasteiger partial charge in [0.2, 0.25) is 11.8 Å². The first-order valence-corrected chi connectivity index (χ1v) is 10.6. The number of carbonyl (C=O) groups is 2. The molecule has 0 saturated carbocycles. The Morgan fingerprint density at radius 2 is 1.63 bits per heavy atom. The van der Waals surface area contributed by atoms with Gasteiger partial charge in [0.1, 0.15) is 18.5 Å². The van der Waals surface area contributed by atoms with E-state index in [1.165, 1.54) is 4.90 Å². The van der Waals surface area contributed by atoms with E-state index in [1.807, 2.05) is 91.7 Å². The second kappa shape index (κ2) is 8.36. The van der Waals surface area contributed by atoms with Crippen molar-refractivity contribution in [1.82, 2.24) is 9.47 Å². The van der Waals surface area contributed by atoms with Crippen molar-refractivity contribution in [3.05, 3.63) is 84.2 Å². The first kappa shape index (κ1) is 20.2. The van der Waals surface area contributed by atoms with Gasteiger partial charge in [-0.15, -0.1) is 11.6 Å². The minimum absolute atomic E-state index is 0.0262. The largest absolute Gasteiger partial charge is 0.330 e. The maximum absolute atomic E-state index is 13.7. The van der Waals surface area contributed by atoms with Crippen LogP contribution >= 0.6 is 11.6 Å². The van der Waals surface area contributed by atoms with Gasteiger partial charge in [0.05, 0.1) is 17.1 Å². The molecule has 0 spiro atoms. The van der Waals surface area contributed by atoms with Crippen LogP contribution in [0.5, 0.6) is 0 Å². The number of alkyl halides is 1. The smallest absolute Gasteiger partial charge is 0.247 e. The average Bonchev–Trinajstić information content (AvgIpc) is 3.26. The summed E-state index contributed by atoms with van der Waals surface area (Å²) in [4.78, 5) is 29.4. The van der Waals surface area contributed by atoms with Crippen molar-refractivity contribution in [1.29, 1.82) is 0 Å². The molecule has 0 fully saturated rings. The molecule has 2 heterocycles. The second-order valence-corrected chi connectivity index (χ2v) is 7.89. The Kier molecular flexibility index (Phi) is 5.64. The van der Waals surface area contributed by atoms with E-state index < -0.39 is 0 Å². The van der Waals surface area contributed by atoms with E-state index in [2.05, 4.69) is 4.57 Å². The molecular formula is C24H24ClN3O2. The number of hydrogen-bond acceptors (Lipinski definition) is 2. The molecule has 0 N–H and O–H groups in total. The highest BCUT2D eigenvalue weighted by Crippen LogP contribution is 2.42. The van der Waals surface area contributed by atoms with E-state index in [4.69, 9.17) is 11.6 Å². The summed E-state index contributed by atoms with van der Waals surface area (Å²) in [6, 6.07) is 21.4. The van der Waals surface area contributed by atoms with Gasteiger partial charge >= 0.3 is 0 Å². The van der Waals surface area contributed by atoms with Crippen molar-refractivity contribution < 1.29 is 9.59 Å². The van der Waals surface area contributed by atoms with Crippen LogP contribution in [0, 0.1) is 0 Å². The van der Waals surface area contributed by atoms with Gasteiger partial charge in [-0.05, 0) is 43.7 Å². The Hall–Kier alpha value is -3.05. The van der Waals surface area contributed by atoms with E-state index in [1.54, 1.807) is 0 Å². The molecule has 154 valence electrons. The molecule has 0 radical (unpaired) electrons. The van der Waals surface area contributed by atoms with Crippen LogP contribution in [0.15, 0.2) is 72.9 Å². The summed E-state index contributed by atoms with van der Waals surface area (Å²) >= 11 is 5.80. The van der Waals surface area contributed by atoms with E-state index in [9.17, 15) is 9.59 Å². The van der Waals surface area contributed by atoms with Gasteiger partial charge in [-0.3, -0.25) is 14.5 Å². The molecule has 3 aromatic rings. The molecule has 1 atom stereocenters. The molecule has 0 saturated heterocycles. The van der Waals surface area contributed by atoms with Crippen LogP contribution in [-0.2, 0) is 9.59 Å². The summed E-state index contributed by atoms with van der Waals surface area (Å²) in [6.45, 7) is 3.75. The van der Waals surface area contributed by atoms with Gasteiger partial charge < -0.3 is 9.47 Å². The summed E-state index contributed by atoms with van der Waals surface area (Å²) in [7, 11) is 0. The molecule has 1 unspecified atom stereocenters. The number of para-hydroxylation sites is 2. The minimum Gasteiger partial charge on any atom is -0.330 e. The number of amides is 2. The third-order valence-corrected chi connectivity index (χ3v) is 5.70. The van der Waals surface area contributed by atoms with Gasteiger partial charge in [-0.2, -0.15) is 0 Å². The number of rotatable bonds is 5. The Morgan fingerprint density at radius 3 is 2.30 bits per heavy atom. The summed E-state index contributed by atoms with van der Waals surface area (Å²) in [5, 5.41) is 0. The maximum atomic E-state index is 13.7. The van der Waals surface area contributed by atoms with E-state index in [0.29, 0.717) is 0 Å². The lowest BCUT2D eigenvalue weighted by Gasteiger charge is -2.40. The number of nitrogens with zero attached hydrogens (tertiary/aromatic N) is 3. The summed E-state index contributed by atoms with van der Waals surface area (Å²) in [5.74, 6) is -0.534. The highest BCUT2D eigenvalue weighted by atomic mass is 35.5. The van der Waals surface area contributed by atoms with Crippen molar-refractivity contribution >= 4 is 29.1 Å². The molecule has 0 aliphatic carbocycles. The van der Waals surface area contributed by atoms with Gasteiger partial charge in [0, 0.05) is 12.2 Å². The van der Waals surface area contributed by atoms with Gasteiger partial charge in [-0.25, -0.2) is 0 Å². The Labute approximate surface area is 181 Å². The normalized spacial score (nSPS) is 14.9. The van der Waals surface area contributed by atoms with Crippen LogP contribution in [-0.4, -0.2) is 39.7 Å². The first-order valence-electron chi connectivity index (χ1n) is 10.0. The zero-order valence-corrected chi connectivity index (χ0v) is 17.8. The molecular weight excluding hydrogens is 398 g/mol. The Balaban J connectivity index is 1.83. The summed E-state index contributed by atoms with van der Waals surface area (Å²) in [5.41, 5.74) is 3.79. The molecule has 2 aromatic carbocycles. The van der Waals surface area contributed by atoms with Crippen molar-refractivity contribution in [2.75, 3.05) is 17.3 Å². The van der Waals surface area contributed by atoms with E-state index in [-0.39, 0.29) is 36.3 Å². The highest BCUT2D eigenvalue weighted by molar-refractivity contribution is 6.27. The number of fused-ring (bicyclic) bond motifs is 3. The van der Waals surface area contributed by atoms with Crippen molar-refractivity contribution in [3.63, 3.8) is 0 Å². The molecule has 1 aliphatic rings. The molecule has 0 bridgehead atoms. The molecule has 30 heavy (non-hydrogen) atoms. The fourth-order valence-electron chi connectivity index (χ4n) is 4.07. The fourth-order valence-corrected chi connectivity index (χ4v) is 4.22. The molecule has 6 heteroatoms. The van der Waals surface area contributed by atoms with Crippen LogP contribution in [0.1, 0.15) is 31.1 Å². The van der Waals surface area contributed by atoms with Crippen molar-refractivity contribution in [2.45, 2.75) is 25.9 Å². The lowest BCUT2D eigenvalue weighted by atomic mass is 9.97. The zero-order chi connectivity index (χ0) is 21.3. The highest BCUT2D eigenvalue weighted by Gasteiger charge is 2.37. The van der Waals surface area contributed by atoms with Crippen LogP contribution in [0.4, 0.5) is 5.69 Å². The lowest BCUT2D eigenvalue weighted by Crippen LogP contribution is -2.49. The van der Waals surface area contributed by atoms with Crippen LogP contribution in [0.3, 0.4) is 0 Å². The number of benzene rings is 2. The first-order chi connectivity index (χ1) is 14.5. The van der Waals surface area contributed by atoms with Gasteiger partial charge in [-0.1, -0.05) is 42.5 Å². The Bertz CT molecular complexity index is 1060. The third kappa shape index (κ3) is 3.50. The van der Waals surface area contributed by atoms with Crippen LogP contribution in [0.25, 0.3) is 5.69 Å². The molecule has 5 nitrogen and oxygen atoms in total. The number of carbonyl (C=O) groups excluding carboxylic acids is 2. The third-order valence-electron chi connectivity index (χ3n) is 5.47. The molecule has 2 amide bonds. The number of anilines is 1. The van der Waals surface area contributed by atoms with E-state index in [0.717, 1.165) is 22.6 Å². The van der Waals surface area contributed by atoms with Crippen molar-refractivity contribution in [3.8, 4) is 5.69 Å². The standard InChI is InChI=1S/C24H24ClN3O2/c1-17(2)27(22(29)15-25)16-23(30)28-20-12-7-6-11-19(20)26-14-8-13-21(26)24(28)18-9-4-3-5-10-18/h3-14,17,24H,15-16H2,1-2H3.